The lowest BCUT2D eigenvalue weighted by molar-refractivity contribution is -0.384. The van der Waals surface area contributed by atoms with E-state index in [0.717, 1.165) is 16.9 Å². The molecule has 0 fully saturated rings. The average Bonchev–Trinajstić information content (AvgIpc) is 2.68. The van der Waals surface area contributed by atoms with Crippen LogP contribution in [0.25, 0.3) is 11.3 Å². The van der Waals surface area contributed by atoms with Crippen molar-refractivity contribution in [1.82, 2.24) is 9.97 Å². The SMILES string of the molecule is O=C(Nc1ncc2c(n1)-c1ccccc1OC2)c1ccc([N+](=O)[O-])cc1. The summed E-state index contributed by atoms with van der Waals surface area (Å²) in [5, 5.41) is 13.3. The van der Waals surface area contributed by atoms with Crippen molar-refractivity contribution in [1.29, 1.82) is 0 Å². The third-order valence-electron chi connectivity index (χ3n) is 3.96. The fourth-order valence-corrected chi connectivity index (χ4v) is 2.66. The Morgan fingerprint density at radius 3 is 2.69 bits per heavy atom. The number of fused-ring (bicyclic) bond motifs is 3. The minimum Gasteiger partial charge on any atom is -0.488 e. The number of benzene rings is 2. The van der Waals surface area contributed by atoms with Gasteiger partial charge < -0.3 is 4.74 Å². The molecule has 2 heterocycles. The Balaban J connectivity index is 1.60. The lowest BCUT2D eigenvalue weighted by atomic mass is 10.0. The van der Waals surface area contributed by atoms with Crippen molar-refractivity contribution >= 4 is 17.5 Å². The molecule has 1 aromatic heterocycles. The van der Waals surface area contributed by atoms with E-state index < -0.39 is 10.8 Å². The van der Waals surface area contributed by atoms with E-state index in [2.05, 4.69) is 15.3 Å². The van der Waals surface area contributed by atoms with Crippen molar-refractivity contribution in [3.8, 4) is 17.0 Å². The number of anilines is 1. The number of nitrogens with one attached hydrogen (secondary N) is 1. The maximum absolute atomic E-state index is 12.3. The number of hydrogen-bond donors (Lipinski definition) is 1. The van der Waals surface area contributed by atoms with Crippen LogP contribution < -0.4 is 10.1 Å². The lowest BCUT2D eigenvalue weighted by Gasteiger charge is -2.19. The molecule has 8 nitrogen and oxygen atoms in total. The number of para-hydroxylation sites is 1. The van der Waals surface area contributed by atoms with Crippen molar-refractivity contribution < 1.29 is 14.5 Å². The highest BCUT2D eigenvalue weighted by Crippen LogP contribution is 2.35. The fraction of sp³-hybridized carbons (Fsp3) is 0.0556. The summed E-state index contributed by atoms with van der Waals surface area (Å²) in [7, 11) is 0. The first-order valence-electron chi connectivity index (χ1n) is 7.76. The van der Waals surface area contributed by atoms with Gasteiger partial charge >= 0.3 is 0 Å². The van der Waals surface area contributed by atoms with Gasteiger partial charge in [-0.25, -0.2) is 9.97 Å². The first kappa shape index (κ1) is 15.7. The molecule has 26 heavy (non-hydrogen) atoms. The molecule has 1 N–H and O–H groups in total. The summed E-state index contributed by atoms with van der Waals surface area (Å²) in [6.07, 6.45) is 1.61. The summed E-state index contributed by atoms with van der Waals surface area (Å²) >= 11 is 0. The molecule has 8 heteroatoms. The minimum absolute atomic E-state index is 0.0804. The van der Waals surface area contributed by atoms with E-state index in [1.807, 2.05) is 24.3 Å². The highest BCUT2D eigenvalue weighted by Gasteiger charge is 2.20. The number of non-ortho nitro benzene ring substituents is 1. The topological polar surface area (TPSA) is 107 Å². The molecule has 0 saturated carbocycles. The molecule has 2 aromatic carbocycles. The quantitative estimate of drug-likeness (QED) is 0.575. The second-order valence-corrected chi connectivity index (χ2v) is 5.61. The third-order valence-corrected chi connectivity index (χ3v) is 3.96. The second-order valence-electron chi connectivity index (χ2n) is 5.61. The molecular weight excluding hydrogens is 336 g/mol. The van der Waals surface area contributed by atoms with Crippen molar-refractivity contribution in [2.45, 2.75) is 6.61 Å². The molecular formula is C18H12N4O4. The molecule has 1 aliphatic rings. The van der Waals surface area contributed by atoms with Gasteiger partial charge in [0.05, 0.1) is 10.6 Å². The van der Waals surface area contributed by atoms with Crippen LogP contribution in [0.15, 0.2) is 54.7 Å². The van der Waals surface area contributed by atoms with Crippen LogP contribution in [-0.2, 0) is 6.61 Å². The molecule has 0 atom stereocenters. The maximum Gasteiger partial charge on any atom is 0.269 e. The monoisotopic (exact) mass is 348 g/mol. The number of amides is 1. The van der Waals surface area contributed by atoms with Crippen molar-refractivity contribution in [3.05, 3.63) is 76.0 Å². The molecule has 4 rings (SSSR count). The van der Waals surface area contributed by atoms with Crippen molar-refractivity contribution in [2.24, 2.45) is 0 Å². The number of nitro benzene ring substituents is 1. The predicted octanol–water partition coefficient (Wildman–Crippen LogP) is 3.20. The number of ether oxygens (including phenoxy) is 1. The Morgan fingerprint density at radius 1 is 1.15 bits per heavy atom. The number of carbonyl (C=O) groups excluding carboxylic acids is 1. The van der Waals surface area contributed by atoms with E-state index in [0.29, 0.717) is 12.3 Å². The molecule has 128 valence electrons. The zero-order chi connectivity index (χ0) is 18.1. The molecule has 0 saturated heterocycles. The number of carbonyl (C=O) groups is 1. The van der Waals surface area contributed by atoms with Gasteiger partial charge in [-0.1, -0.05) is 12.1 Å². The maximum atomic E-state index is 12.3. The summed E-state index contributed by atoms with van der Waals surface area (Å²) in [6.45, 7) is 0.364. The van der Waals surface area contributed by atoms with Gasteiger partial charge in [-0.15, -0.1) is 0 Å². The number of aromatic nitrogens is 2. The fourth-order valence-electron chi connectivity index (χ4n) is 2.66. The Labute approximate surface area is 147 Å². The van der Waals surface area contributed by atoms with Crippen LogP contribution in [0.4, 0.5) is 11.6 Å². The number of hydrogen-bond acceptors (Lipinski definition) is 6. The van der Waals surface area contributed by atoms with Crippen LogP contribution >= 0.6 is 0 Å². The van der Waals surface area contributed by atoms with Gasteiger partial charge in [-0.3, -0.25) is 20.2 Å². The van der Waals surface area contributed by atoms with Crippen LogP contribution in [0.1, 0.15) is 15.9 Å². The zero-order valence-electron chi connectivity index (χ0n) is 13.4. The molecule has 0 spiro atoms. The van der Waals surface area contributed by atoms with Gasteiger partial charge in [0.25, 0.3) is 11.6 Å². The smallest absolute Gasteiger partial charge is 0.269 e. The molecule has 1 amide bonds. The number of rotatable bonds is 3. The van der Waals surface area contributed by atoms with Crippen molar-refractivity contribution in [3.63, 3.8) is 0 Å². The van der Waals surface area contributed by atoms with Crippen LogP contribution in [0.3, 0.4) is 0 Å². The highest BCUT2D eigenvalue weighted by molar-refractivity contribution is 6.03. The molecule has 3 aromatic rings. The van der Waals surface area contributed by atoms with Crippen LogP contribution in [-0.4, -0.2) is 20.8 Å². The Bertz CT molecular complexity index is 1020. The Morgan fingerprint density at radius 2 is 1.92 bits per heavy atom. The van der Waals surface area contributed by atoms with E-state index in [1.165, 1.54) is 24.3 Å². The van der Waals surface area contributed by atoms with Crippen LogP contribution in [0.5, 0.6) is 5.75 Å². The average molecular weight is 348 g/mol. The van der Waals surface area contributed by atoms with E-state index in [-0.39, 0.29) is 17.2 Å². The summed E-state index contributed by atoms with van der Waals surface area (Å²) in [5.41, 5.74) is 2.57. The summed E-state index contributed by atoms with van der Waals surface area (Å²) < 4.78 is 5.65. The Hall–Kier alpha value is -3.81. The Kier molecular flexibility index (Phi) is 3.77. The van der Waals surface area contributed by atoms with E-state index >= 15 is 0 Å². The third kappa shape index (κ3) is 2.84. The van der Waals surface area contributed by atoms with Gasteiger partial charge in [-0.05, 0) is 24.3 Å². The van der Waals surface area contributed by atoms with Gasteiger partial charge in [-0.2, -0.15) is 0 Å². The van der Waals surface area contributed by atoms with E-state index in [4.69, 9.17) is 4.74 Å². The normalized spacial score (nSPS) is 11.7. The van der Waals surface area contributed by atoms with Gasteiger partial charge in [0.1, 0.15) is 12.4 Å². The molecule has 0 aliphatic carbocycles. The first-order valence-corrected chi connectivity index (χ1v) is 7.76. The van der Waals surface area contributed by atoms with E-state index in [1.54, 1.807) is 6.20 Å². The summed E-state index contributed by atoms with van der Waals surface area (Å²) in [5.74, 6) is 0.440. The summed E-state index contributed by atoms with van der Waals surface area (Å²) in [6, 6.07) is 12.8. The van der Waals surface area contributed by atoms with Gasteiger partial charge in [0.2, 0.25) is 5.95 Å². The molecule has 0 bridgehead atoms. The second kappa shape index (κ2) is 6.25. The molecule has 0 unspecified atom stereocenters. The van der Waals surface area contributed by atoms with Gasteiger partial charge in [0, 0.05) is 35.0 Å². The number of nitro groups is 1. The van der Waals surface area contributed by atoms with Crippen LogP contribution in [0.2, 0.25) is 0 Å². The molecule has 0 radical (unpaired) electrons. The molecule has 1 aliphatic heterocycles. The highest BCUT2D eigenvalue weighted by atomic mass is 16.6. The lowest BCUT2D eigenvalue weighted by Crippen LogP contribution is -2.16. The standard InChI is InChI=1S/C18H12N4O4/c23-17(11-5-7-13(8-6-11)22(24)25)21-18-19-9-12-10-26-15-4-2-1-3-14(15)16(12)20-18/h1-9H,10H2,(H,19,20,21,23). The summed E-state index contributed by atoms with van der Waals surface area (Å²) in [4.78, 5) is 31.1. The largest absolute Gasteiger partial charge is 0.488 e. The predicted molar refractivity (Wildman–Crippen MR) is 92.8 cm³/mol. The first-order chi connectivity index (χ1) is 12.6. The minimum atomic E-state index is -0.520. The van der Waals surface area contributed by atoms with Crippen LogP contribution in [0, 0.1) is 10.1 Å². The van der Waals surface area contributed by atoms with Crippen molar-refractivity contribution in [2.75, 3.05) is 5.32 Å². The van der Waals surface area contributed by atoms with Gasteiger partial charge in [0.15, 0.2) is 0 Å². The number of nitrogens with zero attached hydrogens (tertiary/aromatic N) is 3. The zero-order valence-corrected chi connectivity index (χ0v) is 13.4. The van der Waals surface area contributed by atoms with E-state index in [9.17, 15) is 14.9 Å².